The van der Waals surface area contributed by atoms with Crippen LogP contribution in [-0.2, 0) is 15.9 Å². The Hall–Kier alpha value is -0.590. The Labute approximate surface area is 74.9 Å². The highest BCUT2D eigenvalue weighted by molar-refractivity contribution is 7.94. The maximum atomic E-state index is 5.42. The maximum Gasteiger partial charge on any atom is 0.0702 e. The number of nitrogens with two attached hydrogens (primary N) is 2. The summed E-state index contributed by atoms with van der Waals surface area (Å²) in [7, 11) is 0. The van der Waals surface area contributed by atoms with E-state index in [1.165, 1.54) is 0 Å². The molecule has 0 unspecified atom stereocenters. The fourth-order valence-electron chi connectivity index (χ4n) is 0.740. The molecule has 0 heterocycles. The third-order valence-corrected chi connectivity index (χ3v) is 1.94. The fourth-order valence-corrected chi connectivity index (χ4v) is 1.11. The van der Waals surface area contributed by atoms with Gasteiger partial charge in [-0.25, -0.2) is 0 Å². The molecule has 1 rings (SSSR count). The Kier molecular flexibility index (Phi) is 4.06. The van der Waals surface area contributed by atoms with Crippen LogP contribution < -0.4 is 11.6 Å². The molecule has 0 radical (unpaired) electrons. The van der Waals surface area contributed by atoms with Crippen molar-refractivity contribution in [1.82, 2.24) is 0 Å². The van der Waals surface area contributed by atoms with Crippen molar-refractivity contribution in [2.24, 2.45) is 11.6 Å². The van der Waals surface area contributed by atoms with Crippen LogP contribution in [0.2, 0.25) is 0 Å². The average Bonchev–Trinajstić information content (AvgIpc) is 2.15. The molecular formula is C7H10N2O2S. The second kappa shape index (κ2) is 5.13. The van der Waals surface area contributed by atoms with E-state index in [2.05, 4.69) is 15.2 Å². The van der Waals surface area contributed by atoms with Crippen LogP contribution in [0.15, 0.2) is 29.2 Å². The summed E-state index contributed by atoms with van der Waals surface area (Å²) in [5.41, 5.74) is 6.49. The van der Waals surface area contributed by atoms with Gasteiger partial charge in [0.2, 0.25) is 0 Å². The van der Waals surface area contributed by atoms with E-state index in [-0.39, 0.29) is 0 Å². The number of benzene rings is 1. The Morgan fingerprint density at radius 2 is 1.92 bits per heavy atom. The largest absolute Gasteiger partial charge is 0.326 e. The van der Waals surface area contributed by atoms with Crippen LogP contribution in [0.1, 0.15) is 5.56 Å². The zero-order valence-electron chi connectivity index (χ0n) is 6.40. The summed E-state index contributed by atoms with van der Waals surface area (Å²) in [5, 5.41) is 0. The maximum absolute atomic E-state index is 5.42. The molecule has 4 nitrogen and oxygen atoms in total. The van der Waals surface area contributed by atoms with Crippen LogP contribution in [0.4, 0.5) is 0 Å². The highest BCUT2D eigenvalue weighted by Crippen LogP contribution is 2.18. The molecule has 0 bridgehead atoms. The second-order valence-electron chi connectivity index (χ2n) is 2.10. The average molecular weight is 186 g/mol. The summed E-state index contributed by atoms with van der Waals surface area (Å²) in [6.07, 6.45) is 0. The van der Waals surface area contributed by atoms with Gasteiger partial charge < -0.3 is 5.73 Å². The molecule has 0 spiro atoms. The van der Waals surface area contributed by atoms with Gasteiger partial charge >= 0.3 is 0 Å². The van der Waals surface area contributed by atoms with Gasteiger partial charge in [0.25, 0.3) is 0 Å². The standard InChI is InChI=1S/C7H10N2O2S/c8-5-6-1-3-7(4-2-6)12-11-10-9/h1-4H,5,8-9H2. The third-order valence-electron chi connectivity index (χ3n) is 1.33. The molecule has 0 saturated carbocycles. The molecular weight excluding hydrogens is 176 g/mol. The first-order valence-corrected chi connectivity index (χ1v) is 4.10. The molecule has 0 aliphatic heterocycles. The van der Waals surface area contributed by atoms with Gasteiger partial charge in [-0.15, -0.1) is 9.32 Å². The van der Waals surface area contributed by atoms with Crippen LogP contribution in [0.5, 0.6) is 0 Å². The predicted molar refractivity (Wildman–Crippen MR) is 46.5 cm³/mol. The van der Waals surface area contributed by atoms with E-state index in [1.54, 1.807) is 0 Å². The van der Waals surface area contributed by atoms with Crippen molar-refractivity contribution < 1.29 is 9.32 Å². The summed E-state index contributed by atoms with van der Waals surface area (Å²) >= 11 is 1.05. The molecule has 1 aromatic carbocycles. The van der Waals surface area contributed by atoms with Gasteiger partial charge in [0.05, 0.1) is 12.0 Å². The van der Waals surface area contributed by atoms with Crippen molar-refractivity contribution in [2.45, 2.75) is 11.4 Å². The minimum atomic E-state index is 0.541. The van der Waals surface area contributed by atoms with Gasteiger partial charge in [-0.05, 0) is 17.7 Å². The van der Waals surface area contributed by atoms with Gasteiger partial charge in [-0.1, -0.05) is 12.1 Å². The SMILES string of the molecule is NCc1ccc(SOON)cc1. The molecule has 0 aliphatic rings. The molecule has 0 aliphatic carbocycles. The fraction of sp³-hybridized carbons (Fsp3) is 0.143. The highest BCUT2D eigenvalue weighted by Gasteiger charge is 1.94. The lowest BCUT2D eigenvalue weighted by Crippen LogP contribution is -1.96. The zero-order chi connectivity index (χ0) is 8.81. The third kappa shape index (κ3) is 2.80. The van der Waals surface area contributed by atoms with Gasteiger partial charge in [0.1, 0.15) is 0 Å². The summed E-state index contributed by atoms with van der Waals surface area (Å²) in [5.74, 6) is 4.67. The molecule has 0 atom stereocenters. The lowest BCUT2D eigenvalue weighted by molar-refractivity contribution is -0.195. The lowest BCUT2D eigenvalue weighted by Gasteiger charge is -1.99. The summed E-state index contributed by atoms with van der Waals surface area (Å²) in [6.45, 7) is 0.541. The van der Waals surface area contributed by atoms with E-state index < -0.39 is 0 Å². The van der Waals surface area contributed by atoms with Crippen LogP contribution in [0, 0.1) is 0 Å². The second-order valence-corrected chi connectivity index (χ2v) is 2.87. The molecule has 0 fully saturated rings. The first kappa shape index (κ1) is 9.50. The Morgan fingerprint density at radius 3 is 2.42 bits per heavy atom. The van der Waals surface area contributed by atoms with E-state index in [9.17, 15) is 0 Å². The van der Waals surface area contributed by atoms with Crippen molar-refractivity contribution in [2.75, 3.05) is 0 Å². The van der Waals surface area contributed by atoms with Crippen LogP contribution >= 0.6 is 12.0 Å². The van der Waals surface area contributed by atoms with Crippen LogP contribution in [-0.4, -0.2) is 0 Å². The van der Waals surface area contributed by atoms with Crippen molar-refractivity contribution in [3.05, 3.63) is 29.8 Å². The van der Waals surface area contributed by atoms with Gasteiger partial charge in [0, 0.05) is 11.4 Å². The molecule has 0 amide bonds. The first-order valence-electron chi connectivity index (χ1n) is 3.36. The normalized spacial score (nSPS) is 10.2. The van der Waals surface area contributed by atoms with Gasteiger partial charge in [0.15, 0.2) is 0 Å². The van der Waals surface area contributed by atoms with Crippen molar-refractivity contribution in [3.8, 4) is 0 Å². The molecule has 12 heavy (non-hydrogen) atoms. The van der Waals surface area contributed by atoms with Crippen LogP contribution in [0.3, 0.4) is 0 Å². The quantitative estimate of drug-likeness (QED) is 0.416. The molecule has 4 N–H and O–H groups in total. The van der Waals surface area contributed by atoms with E-state index in [0.717, 1.165) is 22.5 Å². The van der Waals surface area contributed by atoms with Crippen molar-refractivity contribution >= 4 is 12.0 Å². The summed E-state index contributed by atoms with van der Waals surface area (Å²) < 4.78 is 4.46. The monoisotopic (exact) mass is 186 g/mol. The first-order chi connectivity index (χ1) is 5.86. The van der Waals surface area contributed by atoms with Gasteiger partial charge in [-0.3, -0.25) is 0 Å². The number of hydrogen-bond donors (Lipinski definition) is 2. The van der Waals surface area contributed by atoms with E-state index >= 15 is 0 Å². The number of hydrogen-bond acceptors (Lipinski definition) is 5. The molecule has 1 aromatic rings. The minimum Gasteiger partial charge on any atom is -0.326 e. The van der Waals surface area contributed by atoms with Crippen molar-refractivity contribution in [3.63, 3.8) is 0 Å². The van der Waals surface area contributed by atoms with E-state index in [4.69, 9.17) is 5.73 Å². The topological polar surface area (TPSA) is 70.5 Å². The Bertz CT molecular complexity index is 227. The lowest BCUT2D eigenvalue weighted by atomic mass is 10.2. The number of rotatable bonds is 4. The Morgan fingerprint density at radius 1 is 1.25 bits per heavy atom. The predicted octanol–water partition coefficient (Wildman–Crippen LogP) is 0.974. The smallest absolute Gasteiger partial charge is 0.0702 e. The Balaban J connectivity index is 2.53. The van der Waals surface area contributed by atoms with E-state index in [0.29, 0.717) is 6.54 Å². The zero-order valence-corrected chi connectivity index (χ0v) is 7.21. The minimum absolute atomic E-state index is 0.541. The van der Waals surface area contributed by atoms with Crippen LogP contribution in [0.25, 0.3) is 0 Å². The highest BCUT2D eigenvalue weighted by atomic mass is 32.2. The molecule has 0 saturated heterocycles. The van der Waals surface area contributed by atoms with Gasteiger partial charge in [-0.2, -0.15) is 5.90 Å². The summed E-state index contributed by atoms with van der Waals surface area (Å²) in [4.78, 5) is 4.86. The molecule has 66 valence electrons. The summed E-state index contributed by atoms with van der Waals surface area (Å²) in [6, 6.07) is 7.60. The van der Waals surface area contributed by atoms with Crippen molar-refractivity contribution in [1.29, 1.82) is 0 Å². The molecule has 0 aromatic heterocycles. The molecule has 5 heteroatoms. The van der Waals surface area contributed by atoms with E-state index in [1.807, 2.05) is 24.3 Å².